The van der Waals surface area contributed by atoms with Gasteiger partial charge in [-0.2, -0.15) is 0 Å². The van der Waals surface area contributed by atoms with Crippen molar-refractivity contribution in [2.24, 2.45) is 0 Å². The third-order valence-electron chi connectivity index (χ3n) is 2.83. The van der Waals surface area contributed by atoms with Crippen LogP contribution in [0.4, 0.5) is 5.82 Å². The Kier molecular flexibility index (Phi) is 3.93. The first-order valence-corrected chi connectivity index (χ1v) is 5.82. The Labute approximate surface area is 101 Å². The molecule has 2 N–H and O–H groups in total. The lowest BCUT2D eigenvalue weighted by atomic mass is 10.1. The molecule has 1 aromatic rings. The van der Waals surface area contributed by atoms with Crippen molar-refractivity contribution in [2.45, 2.75) is 18.9 Å². The molecular formula is C12H17N3O2. The second-order valence-corrected chi connectivity index (χ2v) is 4.04. The van der Waals surface area contributed by atoms with Crippen molar-refractivity contribution < 1.29 is 9.53 Å². The minimum absolute atomic E-state index is 0.0456. The largest absolute Gasteiger partial charge is 0.381 e. The van der Waals surface area contributed by atoms with E-state index in [1.165, 1.54) is 0 Å². The summed E-state index contributed by atoms with van der Waals surface area (Å²) in [6, 6.07) is 3.69. The summed E-state index contributed by atoms with van der Waals surface area (Å²) in [6.07, 6.45) is 3.40. The number of pyridine rings is 1. The van der Waals surface area contributed by atoms with Gasteiger partial charge in [0.15, 0.2) is 0 Å². The fraction of sp³-hybridized carbons (Fsp3) is 0.500. The fourth-order valence-corrected chi connectivity index (χ4v) is 1.82. The van der Waals surface area contributed by atoms with Crippen LogP contribution in [0.2, 0.25) is 0 Å². The molecule has 1 aliphatic heterocycles. The van der Waals surface area contributed by atoms with Crippen LogP contribution in [0.15, 0.2) is 18.3 Å². The summed E-state index contributed by atoms with van der Waals surface area (Å²) in [4.78, 5) is 16.0. The van der Waals surface area contributed by atoms with Gasteiger partial charge in [0.05, 0.1) is 0 Å². The molecule has 0 aliphatic carbocycles. The van der Waals surface area contributed by atoms with Gasteiger partial charge in [0.1, 0.15) is 5.82 Å². The van der Waals surface area contributed by atoms with Crippen molar-refractivity contribution in [2.75, 3.05) is 25.6 Å². The predicted octanol–water partition coefficient (Wildman–Crippen LogP) is 1.03. The van der Waals surface area contributed by atoms with Crippen LogP contribution in [-0.4, -0.2) is 37.2 Å². The van der Waals surface area contributed by atoms with Gasteiger partial charge in [0.25, 0.3) is 5.91 Å². The molecular weight excluding hydrogens is 218 g/mol. The molecule has 92 valence electrons. The molecule has 0 atom stereocenters. The van der Waals surface area contributed by atoms with Gasteiger partial charge >= 0.3 is 0 Å². The van der Waals surface area contributed by atoms with Gasteiger partial charge in [0, 0.05) is 38.1 Å². The molecule has 2 heterocycles. The standard InChI is InChI=1S/C12H17N3O2/c1-13-11-8-9(2-5-14-11)12(16)15-10-3-6-17-7-4-10/h2,5,8,10H,3-4,6-7H2,1H3,(H,13,14)(H,15,16). The van der Waals surface area contributed by atoms with Gasteiger partial charge in [-0.1, -0.05) is 0 Å². The maximum absolute atomic E-state index is 12.0. The van der Waals surface area contributed by atoms with E-state index < -0.39 is 0 Å². The van der Waals surface area contributed by atoms with E-state index in [0.29, 0.717) is 11.4 Å². The Bertz CT molecular complexity index is 389. The van der Waals surface area contributed by atoms with Crippen molar-refractivity contribution >= 4 is 11.7 Å². The molecule has 0 aromatic carbocycles. The van der Waals surface area contributed by atoms with Gasteiger partial charge < -0.3 is 15.4 Å². The van der Waals surface area contributed by atoms with Gasteiger partial charge in [-0.3, -0.25) is 4.79 Å². The second-order valence-electron chi connectivity index (χ2n) is 4.04. The summed E-state index contributed by atoms with van der Waals surface area (Å²) in [5.41, 5.74) is 0.635. The number of anilines is 1. The smallest absolute Gasteiger partial charge is 0.251 e. The van der Waals surface area contributed by atoms with E-state index in [4.69, 9.17) is 4.74 Å². The molecule has 0 bridgehead atoms. The van der Waals surface area contributed by atoms with Crippen molar-refractivity contribution in [1.29, 1.82) is 0 Å². The predicted molar refractivity (Wildman–Crippen MR) is 65.1 cm³/mol. The lowest BCUT2D eigenvalue weighted by Crippen LogP contribution is -2.38. The lowest BCUT2D eigenvalue weighted by Gasteiger charge is -2.23. The summed E-state index contributed by atoms with van der Waals surface area (Å²) in [6.45, 7) is 1.45. The number of nitrogens with one attached hydrogen (secondary N) is 2. The lowest BCUT2D eigenvalue weighted by molar-refractivity contribution is 0.0696. The molecule has 0 radical (unpaired) electrons. The number of nitrogens with zero attached hydrogens (tertiary/aromatic N) is 1. The fourth-order valence-electron chi connectivity index (χ4n) is 1.82. The average Bonchev–Trinajstić information content (AvgIpc) is 2.40. The SMILES string of the molecule is CNc1cc(C(=O)NC2CCOCC2)ccn1. The maximum Gasteiger partial charge on any atom is 0.251 e. The van der Waals surface area contributed by atoms with E-state index in [0.717, 1.165) is 26.1 Å². The van der Waals surface area contributed by atoms with E-state index in [-0.39, 0.29) is 11.9 Å². The Morgan fingerprint density at radius 2 is 2.24 bits per heavy atom. The van der Waals surface area contributed by atoms with Crippen molar-refractivity contribution in [3.05, 3.63) is 23.9 Å². The van der Waals surface area contributed by atoms with Crippen LogP contribution in [0.3, 0.4) is 0 Å². The zero-order valence-corrected chi connectivity index (χ0v) is 9.90. The highest BCUT2D eigenvalue weighted by molar-refractivity contribution is 5.94. The molecule has 1 saturated heterocycles. The number of rotatable bonds is 3. The summed E-state index contributed by atoms with van der Waals surface area (Å²) < 4.78 is 5.25. The highest BCUT2D eigenvalue weighted by Crippen LogP contribution is 2.09. The summed E-state index contributed by atoms with van der Waals surface area (Å²) >= 11 is 0. The number of aromatic nitrogens is 1. The highest BCUT2D eigenvalue weighted by Gasteiger charge is 2.17. The number of carbonyl (C=O) groups is 1. The van der Waals surface area contributed by atoms with Gasteiger partial charge in [-0.25, -0.2) is 4.98 Å². The molecule has 1 aliphatic rings. The zero-order chi connectivity index (χ0) is 12.1. The number of carbonyl (C=O) groups excluding carboxylic acids is 1. The summed E-state index contributed by atoms with van der Waals surface area (Å²) in [5.74, 6) is 0.653. The van der Waals surface area contributed by atoms with Crippen LogP contribution in [0, 0.1) is 0 Å². The second kappa shape index (κ2) is 5.63. The van der Waals surface area contributed by atoms with E-state index in [2.05, 4.69) is 15.6 Å². The van der Waals surface area contributed by atoms with Gasteiger partial charge in [-0.15, -0.1) is 0 Å². The number of hydrogen-bond donors (Lipinski definition) is 2. The monoisotopic (exact) mass is 235 g/mol. The Balaban J connectivity index is 1.98. The first-order chi connectivity index (χ1) is 8.29. The minimum atomic E-state index is -0.0456. The normalized spacial score (nSPS) is 16.5. The van der Waals surface area contributed by atoms with E-state index >= 15 is 0 Å². The molecule has 1 amide bonds. The molecule has 0 spiro atoms. The number of hydrogen-bond acceptors (Lipinski definition) is 4. The first-order valence-electron chi connectivity index (χ1n) is 5.82. The maximum atomic E-state index is 12.0. The molecule has 17 heavy (non-hydrogen) atoms. The Morgan fingerprint density at radius 1 is 1.47 bits per heavy atom. The Morgan fingerprint density at radius 3 is 2.94 bits per heavy atom. The van der Waals surface area contributed by atoms with Crippen LogP contribution >= 0.6 is 0 Å². The third kappa shape index (κ3) is 3.17. The molecule has 0 saturated carbocycles. The minimum Gasteiger partial charge on any atom is -0.381 e. The van der Waals surface area contributed by atoms with Crippen LogP contribution < -0.4 is 10.6 Å². The summed E-state index contributed by atoms with van der Waals surface area (Å²) in [5, 5.41) is 5.93. The van der Waals surface area contributed by atoms with Crippen LogP contribution in [0.25, 0.3) is 0 Å². The quantitative estimate of drug-likeness (QED) is 0.821. The molecule has 1 aromatic heterocycles. The van der Waals surface area contributed by atoms with Crippen LogP contribution in [0.5, 0.6) is 0 Å². The van der Waals surface area contributed by atoms with E-state index in [9.17, 15) is 4.79 Å². The van der Waals surface area contributed by atoms with Crippen molar-refractivity contribution in [3.8, 4) is 0 Å². The molecule has 5 nitrogen and oxygen atoms in total. The summed E-state index contributed by atoms with van der Waals surface area (Å²) in [7, 11) is 1.78. The van der Waals surface area contributed by atoms with E-state index in [1.54, 1.807) is 25.4 Å². The Hall–Kier alpha value is -1.62. The third-order valence-corrected chi connectivity index (χ3v) is 2.83. The van der Waals surface area contributed by atoms with Gasteiger partial charge in [-0.05, 0) is 25.0 Å². The first kappa shape index (κ1) is 11.9. The molecule has 0 unspecified atom stereocenters. The highest BCUT2D eigenvalue weighted by atomic mass is 16.5. The van der Waals surface area contributed by atoms with Crippen LogP contribution in [-0.2, 0) is 4.74 Å². The number of ether oxygens (including phenoxy) is 1. The van der Waals surface area contributed by atoms with E-state index in [1.807, 2.05) is 0 Å². The zero-order valence-electron chi connectivity index (χ0n) is 9.90. The molecule has 1 fully saturated rings. The van der Waals surface area contributed by atoms with Crippen molar-refractivity contribution in [1.82, 2.24) is 10.3 Å². The van der Waals surface area contributed by atoms with Gasteiger partial charge in [0.2, 0.25) is 0 Å². The topological polar surface area (TPSA) is 63.2 Å². The average molecular weight is 235 g/mol. The number of amides is 1. The molecule has 2 rings (SSSR count). The van der Waals surface area contributed by atoms with Crippen molar-refractivity contribution in [3.63, 3.8) is 0 Å². The molecule has 5 heteroatoms. The van der Waals surface area contributed by atoms with Crippen LogP contribution in [0.1, 0.15) is 23.2 Å².